The summed E-state index contributed by atoms with van der Waals surface area (Å²) in [4.78, 5) is 25.2. The lowest BCUT2D eigenvalue weighted by Crippen LogP contribution is -2.25. The fourth-order valence-electron chi connectivity index (χ4n) is 2.25. The van der Waals surface area contributed by atoms with E-state index in [-0.39, 0.29) is 11.5 Å². The molecule has 2 aromatic carbocycles. The number of Topliss-reactive ketones (excluding diaryl/α,β-unsaturated/α-hetero) is 1. The third kappa shape index (κ3) is 3.77. The molecule has 1 amide bonds. The number of carbonyl (C=O) groups excluding carboxylic acids is 2. The molecular weight excluding hydrogens is 318 g/mol. The molecule has 1 aliphatic heterocycles. The number of hydrogen-bond acceptors (Lipinski definition) is 4. The standard InChI is InChI=1S/C20H17NO4/c1-21(2)20(23)24-15-11-12-16-18(13-15)25-17(19(16)22)10-6-9-14-7-4-3-5-8-14/h3-13H,1-2H3/b9-6+,17-10+. The first kappa shape index (κ1) is 16.5. The first-order valence-electron chi connectivity index (χ1n) is 7.74. The average Bonchev–Trinajstić information content (AvgIpc) is 2.91. The molecule has 1 heterocycles. The van der Waals surface area contributed by atoms with Crippen LogP contribution in [0.1, 0.15) is 15.9 Å². The van der Waals surface area contributed by atoms with Gasteiger partial charge in [0.25, 0.3) is 0 Å². The Morgan fingerprint density at radius 2 is 1.88 bits per heavy atom. The van der Waals surface area contributed by atoms with Gasteiger partial charge in [-0.05, 0) is 23.8 Å². The smallest absolute Gasteiger partial charge is 0.414 e. The predicted octanol–water partition coefficient (Wildman–Crippen LogP) is 3.92. The Labute approximate surface area is 145 Å². The lowest BCUT2D eigenvalue weighted by Gasteiger charge is -2.10. The Morgan fingerprint density at radius 3 is 2.60 bits per heavy atom. The number of rotatable bonds is 3. The van der Waals surface area contributed by atoms with Gasteiger partial charge in [0.1, 0.15) is 11.5 Å². The Morgan fingerprint density at radius 1 is 1.12 bits per heavy atom. The van der Waals surface area contributed by atoms with Crippen molar-refractivity contribution in [1.82, 2.24) is 4.90 Å². The molecule has 25 heavy (non-hydrogen) atoms. The minimum absolute atomic E-state index is 0.196. The molecule has 0 N–H and O–H groups in total. The highest BCUT2D eigenvalue weighted by molar-refractivity contribution is 6.12. The van der Waals surface area contributed by atoms with Crippen LogP contribution in [-0.4, -0.2) is 30.9 Å². The van der Waals surface area contributed by atoms with E-state index in [9.17, 15) is 9.59 Å². The van der Waals surface area contributed by atoms with Gasteiger partial charge in [-0.25, -0.2) is 4.79 Å². The summed E-state index contributed by atoms with van der Waals surface area (Å²) < 4.78 is 10.8. The molecule has 126 valence electrons. The van der Waals surface area contributed by atoms with Crippen molar-refractivity contribution in [1.29, 1.82) is 0 Å². The summed E-state index contributed by atoms with van der Waals surface area (Å²) in [5, 5.41) is 0. The molecule has 0 atom stereocenters. The molecule has 3 rings (SSSR count). The van der Waals surface area contributed by atoms with Gasteiger partial charge in [-0.3, -0.25) is 4.79 Å². The van der Waals surface area contributed by atoms with Crippen LogP contribution in [-0.2, 0) is 0 Å². The monoisotopic (exact) mass is 335 g/mol. The van der Waals surface area contributed by atoms with Gasteiger partial charge in [0.05, 0.1) is 5.56 Å². The number of allylic oxidation sites excluding steroid dienone is 3. The van der Waals surface area contributed by atoms with Crippen molar-refractivity contribution in [3.63, 3.8) is 0 Å². The molecule has 0 saturated carbocycles. The number of hydrogen-bond donors (Lipinski definition) is 0. The summed E-state index contributed by atoms with van der Waals surface area (Å²) in [6, 6.07) is 14.5. The van der Waals surface area contributed by atoms with E-state index in [1.165, 1.54) is 11.0 Å². The predicted molar refractivity (Wildman–Crippen MR) is 94.7 cm³/mol. The highest BCUT2D eigenvalue weighted by atomic mass is 16.6. The first-order chi connectivity index (χ1) is 12.0. The highest BCUT2D eigenvalue weighted by Crippen LogP contribution is 2.34. The number of carbonyl (C=O) groups is 2. The summed E-state index contributed by atoms with van der Waals surface area (Å²) in [5.74, 6) is 0.746. The van der Waals surface area contributed by atoms with Crippen LogP contribution in [0.15, 0.2) is 66.4 Å². The molecule has 5 heteroatoms. The van der Waals surface area contributed by atoms with Crippen molar-refractivity contribution in [2.45, 2.75) is 0 Å². The molecule has 0 aromatic heterocycles. The second-order valence-electron chi connectivity index (χ2n) is 5.65. The summed E-state index contributed by atoms with van der Waals surface area (Å²) in [5.41, 5.74) is 1.48. The molecule has 0 fully saturated rings. The van der Waals surface area contributed by atoms with Gasteiger partial charge in [0.2, 0.25) is 5.78 Å². The van der Waals surface area contributed by atoms with E-state index in [0.29, 0.717) is 17.1 Å². The molecule has 0 aliphatic carbocycles. The number of ether oxygens (including phenoxy) is 2. The van der Waals surface area contributed by atoms with Crippen LogP contribution in [0.25, 0.3) is 6.08 Å². The molecule has 0 unspecified atom stereocenters. The van der Waals surface area contributed by atoms with Crippen molar-refractivity contribution >= 4 is 18.0 Å². The third-order valence-corrected chi connectivity index (χ3v) is 3.55. The lowest BCUT2D eigenvalue weighted by atomic mass is 10.1. The summed E-state index contributed by atoms with van der Waals surface area (Å²) >= 11 is 0. The van der Waals surface area contributed by atoms with Crippen LogP contribution in [0.4, 0.5) is 4.79 Å². The van der Waals surface area contributed by atoms with E-state index < -0.39 is 6.09 Å². The van der Waals surface area contributed by atoms with Crippen molar-refractivity contribution in [3.8, 4) is 11.5 Å². The topological polar surface area (TPSA) is 55.8 Å². The van der Waals surface area contributed by atoms with Crippen molar-refractivity contribution < 1.29 is 19.1 Å². The highest BCUT2D eigenvalue weighted by Gasteiger charge is 2.27. The van der Waals surface area contributed by atoms with Gasteiger partial charge < -0.3 is 14.4 Å². The van der Waals surface area contributed by atoms with Crippen LogP contribution in [0.2, 0.25) is 0 Å². The van der Waals surface area contributed by atoms with Gasteiger partial charge in [-0.1, -0.05) is 42.5 Å². The van der Waals surface area contributed by atoms with Gasteiger partial charge in [-0.15, -0.1) is 0 Å². The average molecular weight is 335 g/mol. The molecule has 0 saturated heterocycles. The molecule has 0 radical (unpaired) electrons. The van der Waals surface area contributed by atoms with Crippen molar-refractivity contribution in [2.24, 2.45) is 0 Å². The van der Waals surface area contributed by atoms with E-state index >= 15 is 0 Å². The minimum Gasteiger partial charge on any atom is -0.452 e. The second kappa shape index (κ2) is 7.05. The van der Waals surface area contributed by atoms with Crippen molar-refractivity contribution in [2.75, 3.05) is 14.1 Å². The second-order valence-corrected chi connectivity index (χ2v) is 5.65. The quantitative estimate of drug-likeness (QED) is 0.798. The summed E-state index contributed by atoms with van der Waals surface area (Å²) in [6.45, 7) is 0. The summed E-state index contributed by atoms with van der Waals surface area (Å²) in [7, 11) is 3.19. The lowest BCUT2D eigenvalue weighted by molar-refractivity contribution is 0.101. The Kier molecular flexibility index (Phi) is 4.66. The first-order valence-corrected chi connectivity index (χ1v) is 7.74. The molecule has 1 aliphatic rings. The number of benzene rings is 2. The number of amides is 1. The van der Waals surface area contributed by atoms with E-state index in [1.807, 2.05) is 36.4 Å². The van der Waals surface area contributed by atoms with Gasteiger partial charge >= 0.3 is 6.09 Å². The van der Waals surface area contributed by atoms with E-state index in [0.717, 1.165) is 5.56 Å². The largest absolute Gasteiger partial charge is 0.452 e. The van der Waals surface area contributed by atoms with Gasteiger partial charge in [-0.2, -0.15) is 0 Å². The van der Waals surface area contributed by atoms with Crippen LogP contribution in [0.5, 0.6) is 11.5 Å². The maximum atomic E-state index is 12.3. The fourth-order valence-corrected chi connectivity index (χ4v) is 2.25. The van der Waals surface area contributed by atoms with Gasteiger partial charge in [0, 0.05) is 20.2 Å². The molecule has 2 aromatic rings. The van der Waals surface area contributed by atoms with E-state index in [2.05, 4.69) is 0 Å². The molecule has 5 nitrogen and oxygen atoms in total. The van der Waals surface area contributed by atoms with Crippen LogP contribution in [0, 0.1) is 0 Å². The van der Waals surface area contributed by atoms with Crippen LogP contribution in [0.3, 0.4) is 0 Å². The van der Waals surface area contributed by atoms with Crippen molar-refractivity contribution in [3.05, 3.63) is 77.6 Å². The maximum Gasteiger partial charge on any atom is 0.414 e. The summed E-state index contributed by atoms with van der Waals surface area (Å²) in [6.07, 6.45) is 4.78. The molecule has 0 bridgehead atoms. The van der Waals surface area contributed by atoms with Crippen LogP contribution >= 0.6 is 0 Å². The zero-order valence-corrected chi connectivity index (χ0v) is 13.9. The Bertz CT molecular complexity index is 867. The fraction of sp³-hybridized carbons (Fsp3) is 0.100. The Hall–Kier alpha value is -3.34. The third-order valence-electron chi connectivity index (χ3n) is 3.55. The zero-order valence-electron chi connectivity index (χ0n) is 13.9. The van der Waals surface area contributed by atoms with Gasteiger partial charge in [0.15, 0.2) is 5.76 Å². The number of nitrogens with zero attached hydrogens (tertiary/aromatic N) is 1. The number of ketones is 1. The van der Waals surface area contributed by atoms with E-state index in [4.69, 9.17) is 9.47 Å². The maximum absolute atomic E-state index is 12.3. The number of fused-ring (bicyclic) bond motifs is 1. The SMILES string of the molecule is CN(C)C(=O)Oc1ccc2c(c1)O/C(=C/C=C/c1ccccc1)C2=O. The molecular formula is C20H17NO4. The minimum atomic E-state index is -0.495. The normalized spacial score (nSPS) is 14.5. The van der Waals surface area contributed by atoms with E-state index in [1.54, 1.807) is 38.4 Å². The molecule has 0 spiro atoms. The Balaban J connectivity index is 1.75. The zero-order chi connectivity index (χ0) is 17.8. The van der Waals surface area contributed by atoms with Crippen LogP contribution < -0.4 is 9.47 Å².